The molecule has 0 bridgehead atoms. The molecule has 1 N–H and O–H groups in total. The summed E-state index contributed by atoms with van der Waals surface area (Å²) < 4.78 is 5.61. The molecule has 0 radical (unpaired) electrons. The number of rotatable bonds is 5. The van der Waals surface area contributed by atoms with E-state index in [-0.39, 0.29) is 5.97 Å². The summed E-state index contributed by atoms with van der Waals surface area (Å²) in [6, 6.07) is 24.7. The first kappa shape index (κ1) is 22.7. The molecule has 5 aromatic carbocycles. The van der Waals surface area contributed by atoms with Gasteiger partial charge in [-0.1, -0.05) is 61.9 Å². The lowest BCUT2D eigenvalue weighted by Gasteiger charge is -2.16. The van der Waals surface area contributed by atoms with Gasteiger partial charge in [-0.25, -0.2) is 14.8 Å². The van der Waals surface area contributed by atoms with Crippen molar-refractivity contribution in [3.05, 3.63) is 83.9 Å². The molecule has 0 aliphatic carbocycles. The van der Waals surface area contributed by atoms with Crippen molar-refractivity contribution >= 4 is 71.4 Å². The van der Waals surface area contributed by atoms with Crippen molar-refractivity contribution in [2.75, 3.05) is 6.61 Å². The van der Waals surface area contributed by atoms with E-state index < -0.39 is 0 Å². The van der Waals surface area contributed by atoms with Crippen molar-refractivity contribution in [2.24, 2.45) is 0 Å². The molecule has 0 aliphatic rings. The first-order valence-electron chi connectivity index (χ1n) is 13.3. The number of unbranched alkanes of at least 4 members (excludes halogenated alkanes) is 1. The number of hydrogen-bond acceptors (Lipinski definition) is 4. The summed E-state index contributed by atoms with van der Waals surface area (Å²) in [4.78, 5) is 27.5. The summed E-state index contributed by atoms with van der Waals surface area (Å²) in [6.45, 7) is 4.36. The Labute approximate surface area is 219 Å². The molecule has 2 aromatic heterocycles. The van der Waals surface area contributed by atoms with Crippen LogP contribution in [0.15, 0.2) is 72.8 Å². The Bertz CT molecular complexity index is 2060. The maximum atomic E-state index is 13.5. The van der Waals surface area contributed by atoms with Gasteiger partial charge in [-0.05, 0) is 55.0 Å². The number of carbonyl (C=O) groups excluding carboxylic acids is 1. The molecule has 38 heavy (non-hydrogen) atoms. The van der Waals surface area contributed by atoms with E-state index in [1.54, 1.807) is 0 Å². The van der Waals surface area contributed by atoms with Gasteiger partial charge < -0.3 is 9.72 Å². The Kier molecular flexibility index (Phi) is 5.25. The van der Waals surface area contributed by atoms with E-state index in [1.165, 1.54) is 5.56 Å². The van der Waals surface area contributed by atoms with E-state index in [1.807, 2.05) is 55.5 Å². The molecule has 0 fully saturated rings. The fourth-order valence-corrected chi connectivity index (χ4v) is 5.77. The zero-order valence-corrected chi connectivity index (χ0v) is 21.5. The maximum absolute atomic E-state index is 13.5. The van der Waals surface area contributed by atoms with Crippen LogP contribution in [0, 0.1) is 0 Å². The molecule has 7 aromatic rings. The Balaban J connectivity index is 1.77. The predicted molar refractivity (Wildman–Crippen MR) is 156 cm³/mol. The first-order valence-corrected chi connectivity index (χ1v) is 13.3. The lowest BCUT2D eigenvalue weighted by molar-refractivity contribution is 0.0529. The highest BCUT2D eigenvalue weighted by atomic mass is 16.5. The Morgan fingerprint density at radius 2 is 1.58 bits per heavy atom. The lowest BCUT2D eigenvalue weighted by atomic mass is 9.91. The molecule has 5 nitrogen and oxygen atoms in total. The summed E-state index contributed by atoms with van der Waals surface area (Å²) in [7, 11) is 0. The number of benzene rings is 5. The Hall–Kier alpha value is -4.51. The summed E-state index contributed by atoms with van der Waals surface area (Å²) in [5, 5.41) is 5.77. The highest BCUT2D eigenvalue weighted by Crippen LogP contribution is 2.42. The number of aromatic nitrogens is 3. The van der Waals surface area contributed by atoms with Gasteiger partial charge in [0.15, 0.2) is 0 Å². The molecule has 186 valence electrons. The number of carbonyl (C=O) groups is 1. The molecular weight excluding hydrogens is 470 g/mol. The minimum Gasteiger partial charge on any atom is -0.462 e. The normalized spacial score (nSPS) is 11.9. The van der Waals surface area contributed by atoms with Crippen molar-refractivity contribution in [3.63, 3.8) is 0 Å². The monoisotopic (exact) mass is 497 g/mol. The second-order valence-electron chi connectivity index (χ2n) is 9.88. The van der Waals surface area contributed by atoms with E-state index in [0.717, 1.165) is 84.7 Å². The van der Waals surface area contributed by atoms with Crippen molar-refractivity contribution < 1.29 is 9.53 Å². The van der Waals surface area contributed by atoms with Crippen molar-refractivity contribution in [2.45, 2.75) is 33.1 Å². The predicted octanol–water partition coefficient (Wildman–Crippen LogP) is 8.24. The van der Waals surface area contributed by atoms with E-state index >= 15 is 0 Å². The second kappa shape index (κ2) is 8.80. The Morgan fingerprint density at radius 1 is 0.789 bits per heavy atom. The van der Waals surface area contributed by atoms with E-state index in [2.05, 4.69) is 36.2 Å². The van der Waals surface area contributed by atoms with E-state index in [9.17, 15) is 4.79 Å². The van der Waals surface area contributed by atoms with Crippen LogP contribution >= 0.6 is 0 Å². The van der Waals surface area contributed by atoms with Crippen LogP contribution in [0.3, 0.4) is 0 Å². The van der Waals surface area contributed by atoms with Gasteiger partial charge in [0.25, 0.3) is 0 Å². The van der Waals surface area contributed by atoms with Crippen molar-refractivity contribution in [1.29, 1.82) is 0 Å². The molecule has 0 saturated heterocycles. The second-order valence-corrected chi connectivity index (χ2v) is 9.88. The molecule has 5 heteroatoms. The van der Waals surface area contributed by atoms with E-state index in [4.69, 9.17) is 14.7 Å². The molecule has 0 spiro atoms. The third-order valence-corrected chi connectivity index (χ3v) is 7.53. The van der Waals surface area contributed by atoms with Crippen molar-refractivity contribution in [3.8, 4) is 0 Å². The van der Waals surface area contributed by atoms with Gasteiger partial charge in [-0.15, -0.1) is 0 Å². The van der Waals surface area contributed by atoms with Gasteiger partial charge in [-0.3, -0.25) is 0 Å². The number of nitrogens with zero attached hydrogens (tertiary/aromatic N) is 2. The number of ether oxygens (including phenoxy) is 1. The summed E-state index contributed by atoms with van der Waals surface area (Å²) in [6.07, 6.45) is 3.22. The standard InChI is InChI=1S/C33H27N3O2/c1-3-5-10-19-15-16-21-22(17-19)28-24(33(37)38-4-2)18-23-20-11-6-7-12-25(20)34-30(23)29(28)32-31(21)35-26-13-8-9-14-27(26)36-32/h6-9,11-18,36H,3-5,10H2,1-2H3. The highest BCUT2D eigenvalue weighted by molar-refractivity contribution is 6.35. The van der Waals surface area contributed by atoms with Gasteiger partial charge in [-0.2, -0.15) is 0 Å². The van der Waals surface area contributed by atoms with Crippen LogP contribution in [-0.4, -0.2) is 27.5 Å². The third kappa shape index (κ3) is 3.35. The van der Waals surface area contributed by atoms with Crippen molar-refractivity contribution in [1.82, 2.24) is 15.0 Å². The molecule has 2 heterocycles. The van der Waals surface area contributed by atoms with Crippen LogP contribution in [0.4, 0.5) is 0 Å². The molecule has 0 atom stereocenters. The average molecular weight is 498 g/mol. The number of fused-ring (bicyclic) bond motifs is 11. The minimum absolute atomic E-state index is 0.309. The smallest absolute Gasteiger partial charge is 0.338 e. The molecule has 0 unspecified atom stereocenters. The maximum Gasteiger partial charge on any atom is 0.338 e. The van der Waals surface area contributed by atoms with Crippen LogP contribution in [0.2, 0.25) is 0 Å². The number of esters is 1. The van der Waals surface area contributed by atoms with Crippen LogP contribution in [-0.2, 0) is 11.2 Å². The van der Waals surface area contributed by atoms with Crippen LogP contribution in [0.1, 0.15) is 42.6 Å². The SMILES string of the molecule is CCCCc1ccc2c(c1)c1c(C(=O)OCC)cc3c4ccccc4nc3c1c1[nH]c3ccccc3nc21. The van der Waals surface area contributed by atoms with Gasteiger partial charge >= 0.3 is 5.97 Å². The highest BCUT2D eigenvalue weighted by Gasteiger charge is 2.23. The van der Waals surface area contributed by atoms with Gasteiger partial charge in [0.05, 0.1) is 45.3 Å². The average Bonchev–Trinajstić information content (AvgIpc) is 3.33. The first-order chi connectivity index (χ1) is 18.7. The molecule has 0 saturated carbocycles. The quantitative estimate of drug-likeness (QED) is 0.148. The molecular formula is C33H27N3O2. The summed E-state index contributed by atoms with van der Waals surface area (Å²) in [5.41, 5.74) is 7.18. The topological polar surface area (TPSA) is 67.9 Å². The zero-order valence-electron chi connectivity index (χ0n) is 21.5. The number of hydrogen-bond donors (Lipinski definition) is 1. The number of H-pyrrole nitrogens is 1. The third-order valence-electron chi connectivity index (χ3n) is 7.53. The number of aryl methyl sites for hydroxylation is 1. The number of nitrogens with one attached hydrogen (secondary N) is 1. The number of aromatic amines is 1. The fourth-order valence-electron chi connectivity index (χ4n) is 5.77. The van der Waals surface area contributed by atoms with Crippen LogP contribution in [0.5, 0.6) is 0 Å². The van der Waals surface area contributed by atoms with Crippen LogP contribution in [0.25, 0.3) is 65.4 Å². The van der Waals surface area contributed by atoms with Gasteiger partial charge in [0, 0.05) is 26.9 Å². The number of para-hydroxylation sites is 3. The summed E-state index contributed by atoms with van der Waals surface area (Å²) in [5.74, 6) is -0.321. The molecule has 0 aliphatic heterocycles. The fraction of sp³-hybridized carbons (Fsp3) is 0.182. The molecule has 7 rings (SSSR count). The largest absolute Gasteiger partial charge is 0.462 e. The Morgan fingerprint density at radius 3 is 2.42 bits per heavy atom. The van der Waals surface area contributed by atoms with Gasteiger partial charge in [0.2, 0.25) is 0 Å². The van der Waals surface area contributed by atoms with Gasteiger partial charge in [0.1, 0.15) is 0 Å². The lowest BCUT2D eigenvalue weighted by Crippen LogP contribution is -2.06. The molecule has 0 amide bonds. The zero-order chi connectivity index (χ0) is 25.8. The van der Waals surface area contributed by atoms with E-state index in [0.29, 0.717) is 12.2 Å². The summed E-state index contributed by atoms with van der Waals surface area (Å²) >= 11 is 0. The minimum atomic E-state index is -0.321. The van der Waals surface area contributed by atoms with Crippen LogP contribution < -0.4 is 0 Å².